The number of rotatable bonds is 2. The van der Waals surface area contributed by atoms with Crippen molar-refractivity contribution in [3.05, 3.63) is 35.0 Å². The molecule has 1 saturated heterocycles. The smallest absolute Gasteiger partial charge is 0.150 e. The third kappa shape index (κ3) is 2.68. The van der Waals surface area contributed by atoms with E-state index in [0.717, 1.165) is 42.2 Å². The van der Waals surface area contributed by atoms with E-state index in [1.54, 1.807) is 0 Å². The fraction of sp³-hybridized carbons (Fsp3) is 0.471. The van der Waals surface area contributed by atoms with Crippen molar-refractivity contribution in [2.24, 2.45) is 0 Å². The highest BCUT2D eigenvalue weighted by Crippen LogP contribution is 2.35. The molecule has 0 N–H and O–H groups in total. The fourth-order valence-electron chi connectivity index (χ4n) is 3.29. The van der Waals surface area contributed by atoms with Gasteiger partial charge in [-0.1, -0.05) is 17.7 Å². The SMILES string of the molecule is Clc1cc(C2=CCSCC2)c2cnn(C3CCCCO3)c2c1. The summed E-state index contributed by atoms with van der Waals surface area (Å²) in [4.78, 5) is 0. The Morgan fingerprint density at radius 2 is 2.27 bits per heavy atom. The third-order valence-corrected chi connectivity index (χ3v) is 5.53. The van der Waals surface area contributed by atoms with Gasteiger partial charge in [0.25, 0.3) is 0 Å². The fourth-order valence-corrected chi connectivity index (χ4v) is 4.36. The van der Waals surface area contributed by atoms with Crippen LogP contribution in [0.5, 0.6) is 0 Å². The minimum absolute atomic E-state index is 0.0495. The standard InChI is InChI=1S/C17H19ClN2OS/c18-13-9-14(12-4-7-22-8-5-12)15-11-19-20(16(15)10-13)17-3-1-2-6-21-17/h4,9-11,17H,1-3,5-8H2. The molecule has 22 heavy (non-hydrogen) atoms. The number of hydrogen-bond acceptors (Lipinski definition) is 3. The number of allylic oxidation sites excluding steroid dienone is 1. The Balaban J connectivity index is 1.82. The van der Waals surface area contributed by atoms with Crippen LogP contribution in [0.2, 0.25) is 5.02 Å². The van der Waals surface area contributed by atoms with E-state index >= 15 is 0 Å². The number of thioether (sulfide) groups is 1. The lowest BCUT2D eigenvalue weighted by molar-refractivity contribution is -0.0366. The van der Waals surface area contributed by atoms with Crippen molar-refractivity contribution < 1.29 is 4.74 Å². The molecule has 4 rings (SSSR count). The van der Waals surface area contributed by atoms with Gasteiger partial charge in [0.1, 0.15) is 0 Å². The second kappa shape index (κ2) is 6.26. The van der Waals surface area contributed by atoms with Gasteiger partial charge < -0.3 is 4.74 Å². The van der Waals surface area contributed by atoms with E-state index in [-0.39, 0.29) is 6.23 Å². The molecule has 0 spiro atoms. The second-order valence-corrected chi connectivity index (χ2v) is 7.44. The Morgan fingerprint density at radius 1 is 1.32 bits per heavy atom. The summed E-state index contributed by atoms with van der Waals surface area (Å²) in [7, 11) is 0. The molecule has 5 heteroatoms. The number of ether oxygens (including phenoxy) is 1. The molecule has 3 nitrogen and oxygen atoms in total. The molecule has 2 aliphatic heterocycles. The van der Waals surface area contributed by atoms with Crippen molar-refractivity contribution in [1.29, 1.82) is 0 Å². The van der Waals surface area contributed by atoms with Crippen LogP contribution < -0.4 is 0 Å². The maximum atomic E-state index is 6.40. The molecule has 0 amide bonds. The zero-order valence-corrected chi connectivity index (χ0v) is 14.0. The van der Waals surface area contributed by atoms with E-state index in [1.807, 2.05) is 28.7 Å². The molecule has 1 unspecified atom stereocenters. The molecule has 2 aromatic rings. The maximum Gasteiger partial charge on any atom is 0.150 e. The van der Waals surface area contributed by atoms with Gasteiger partial charge in [0, 0.05) is 22.8 Å². The molecule has 1 atom stereocenters. The normalized spacial score (nSPS) is 22.8. The zero-order valence-electron chi connectivity index (χ0n) is 12.4. The predicted molar refractivity (Wildman–Crippen MR) is 93.5 cm³/mol. The number of halogens is 1. The van der Waals surface area contributed by atoms with Gasteiger partial charge in [-0.2, -0.15) is 16.9 Å². The Labute approximate surface area is 139 Å². The van der Waals surface area contributed by atoms with Gasteiger partial charge in [0.15, 0.2) is 6.23 Å². The van der Waals surface area contributed by atoms with E-state index in [9.17, 15) is 0 Å². The quantitative estimate of drug-likeness (QED) is 0.780. The summed E-state index contributed by atoms with van der Waals surface area (Å²) < 4.78 is 7.91. The number of hydrogen-bond donors (Lipinski definition) is 0. The summed E-state index contributed by atoms with van der Waals surface area (Å²) in [6.45, 7) is 0.821. The maximum absolute atomic E-state index is 6.40. The largest absolute Gasteiger partial charge is 0.356 e. The first-order valence-corrected chi connectivity index (χ1v) is 9.42. The van der Waals surface area contributed by atoms with Crippen molar-refractivity contribution in [3.8, 4) is 0 Å². The summed E-state index contributed by atoms with van der Waals surface area (Å²) >= 11 is 8.38. The van der Waals surface area contributed by atoms with Crippen LogP contribution in [0.4, 0.5) is 0 Å². The predicted octanol–water partition coefficient (Wildman–Crippen LogP) is 4.91. The van der Waals surface area contributed by atoms with E-state index in [2.05, 4.69) is 17.2 Å². The van der Waals surface area contributed by atoms with E-state index in [1.165, 1.54) is 28.7 Å². The molecule has 1 fully saturated rings. The molecule has 3 heterocycles. The van der Waals surface area contributed by atoms with Gasteiger partial charge >= 0.3 is 0 Å². The minimum Gasteiger partial charge on any atom is -0.356 e. The second-order valence-electron chi connectivity index (χ2n) is 5.85. The first-order valence-electron chi connectivity index (χ1n) is 7.88. The summed E-state index contributed by atoms with van der Waals surface area (Å²) in [5.74, 6) is 2.27. The highest BCUT2D eigenvalue weighted by Gasteiger charge is 2.21. The van der Waals surface area contributed by atoms with Crippen LogP contribution >= 0.6 is 23.4 Å². The van der Waals surface area contributed by atoms with E-state index in [4.69, 9.17) is 16.3 Å². The molecule has 0 bridgehead atoms. The van der Waals surface area contributed by atoms with Crippen LogP contribution in [-0.4, -0.2) is 27.9 Å². The van der Waals surface area contributed by atoms with E-state index in [0.29, 0.717) is 0 Å². The topological polar surface area (TPSA) is 27.1 Å². The van der Waals surface area contributed by atoms with Gasteiger partial charge in [0.2, 0.25) is 0 Å². The molecule has 0 radical (unpaired) electrons. The number of aromatic nitrogens is 2. The number of benzene rings is 1. The van der Waals surface area contributed by atoms with Crippen molar-refractivity contribution in [2.75, 3.05) is 18.1 Å². The lowest BCUT2D eigenvalue weighted by atomic mass is 9.99. The molecule has 1 aromatic heterocycles. The van der Waals surface area contributed by atoms with Gasteiger partial charge in [-0.15, -0.1) is 0 Å². The van der Waals surface area contributed by atoms with Crippen LogP contribution in [0.15, 0.2) is 24.4 Å². The van der Waals surface area contributed by atoms with Crippen LogP contribution in [0.1, 0.15) is 37.5 Å². The van der Waals surface area contributed by atoms with Crippen molar-refractivity contribution in [2.45, 2.75) is 31.9 Å². The van der Waals surface area contributed by atoms with Gasteiger partial charge in [0.05, 0.1) is 11.7 Å². The van der Waals surface area contributed by atoms with Crippen molar-refractivity contribution >= 4 is 39.8 Å². The number of fused-ring (bicyclic) bond motifs is 1. The Kier molecular flexibility index (Phi) is 4.16. The van der Waals surface area contributed by atoms with Crippen LogP contribution in [0, 0.1) is 0 Å². The van der Waals surface area contributed by atoms with Gasteiger partial charge in [-0.25, -0.2) is 4.68 Å². The molecule has 2 aliphatic rings. The molecule has 1 aromatic carbocycles. The summed E-state index contributed by atoms with van der Waals surface area (Å²) in [5.41, 5.74) is 3.73. The Bertz CT molecular complexity index is 719. The van der Waals surface area contributed by atoms with Crippen LogP contribution in [-0.2, 0) is 4.74 Å². The van der Waals surface area contributed by atoms with Gasteiger partial charge in [-0.05, 0) is 54.7 Å². The lowest BCUT2D eigenvalue weighted by Crippen LogP contribution is -2.18. The average Bonchev–Trinajstić information content (AvgIpc) is 2.99. The third-order valence-electron chi connectivity index (χ3n) is 4.42. The molecule has 0 aliphatic carbocycles. The Morgan fingerprint density at radius 3 is 3.05 bits per heavy atom. The average molecular weight is 335 g/mol. The monoisotopic (exact) mass is 334 g/mol. The molecular weight excluding hydrogens is 316 g/mol. The summed E-state index contributed by atoms with van der Waals surface area (Å²) in [6.07, 6.45) is 8.82. The zero-order chi connectivity index (χ0) is 14.9. The molecular formula is C17H19ClN2OS. The number of nitrogens with zero attached hydrogens (tertiary/aromatic N) is 2. The summed E-state index contributed by atoms with van der Waals surface area (Å²) in [6, 6.07) is 4.10. The van der Waals surface area contributed by atoms with Crippen LogP contribution in [0.25, 0.3) is 16.5 Å². The van der Waals surface area contributed by atoms with Crippen molar-refractivity contribution in [3.63, 3.8) is 0 Å². The first-order chi connectivity index (χ1) is 10.8. The van der Waals surface area contributed by atoms with Gasteiger partial charge in [-0.3, -0.25) is 0 Å². The molecule has 0 saturated carbocycles. The molecule has 116 valence electrons. The summed E-state index contributed by atoms with van der Waals surface area (Å²) in [5, 5.41) is 6.58. The van der Waals surface area contributed by atoms with Crippen molar-refractivity contribution in [1.82, 2.24) is 9.78 Å². The highest BCUT2D eigenvalue weighted by atomic mass is 35.5. The minimum atomic E-state index is 0.0495. The first kappa shape index (κ1) is 14.6. The Hall–Kier alpha value is -0.970. The van der Waals surface area contributed by atoms with E-state index < -0.39 is 0 Å². The lowest BCUT2D eigenvalue weighted by Gasteiger charge is -2.23. The highest BCUT2D eigenvalue weighted by molar-refractivity contribution is 7.99. The van der Waals surface area contributed by atoms with Crippen LogP contribution in [0.3, 0.4) is 0 Å².